The largest absolute Gasteiger partial charge is 0.355 e. The maximum atomic E-state index is 13.8. The number of rotatable bonds is 4. The summed E-state index contributed by atoms with van der Waals surface area (Å²) in [6.45, 7) is 0. The van der Waals surface area contributed by atoms with Gasteiger partial charge in [-0.1, -0.05) is 41.4 Å². The molecule has 0 saturated carbocycles. The van der Waals surface area contributed by atoms with Crippen molar-refractivity contribution in [1.82, 2.24) is 4.98 Å². The van der Waals surface area contributed by atoms with Gasteiger partial charge in [0.1, 0.15) is 11.6 Å². The van der Waals surface area contributed by atoms with Gasteiger partial charge in [-0.15, -0.1) is 0 Å². The predicted octanol–water partition coefficient (Wildman–Crippen LogP) is 7.17. The molecule has 0 radical (unpaired) electrons. The highest BCUT2D eigenvalue weighted by Crippen LogP contribution is 2.32. The Hall–Kier alpha value is -2.82. The number of fused-ring (bicyclic) bond motifs is 1. The highest BCUT2D eigenvalue weighted by Gasteiger charge is 2.09. The van der Waals surface area contributed by atoms with Crippen LogP contribution >= 0.6 is 23.2 Å². The van der Waals surface area contributed by atoms with E-state index in [1.165, 1.54) is 12.1 Å². The fraction of sp³-hybridized carbons (Fsp3) is 0. The number of pyridine rings is 1. The average molecular weight is 398 g/mol. The van der Waals surface area contributed by atoms with Crippen molar-refractivity contribution < 1.29 is 4.39 Å². The van der Waals surface area contributed by atoms with Crippen molar-refractivity contribution in [3.05, 3.63) is 88.7 Å². The van der Waals surface area contributed by atoms with Crippen molar-refractivity contribution in [2.24, 2.45) is 0 Å². The molecule has 4 rings (SSSR count). The normalized spacial score (nSPS) is 10.8. The molecule has 3 nitrogen and oxygen atoms in total. The number of halogens is 3. The standard InChI is InChI=1S/C21H14Cl2FN3/c22-17-8-7-15(11-18(17)23)25-20-12-21(26-14-4-2-1-3-5-14)27-19-9-6-13(24)10-16(19)20/h1-12H,(H2,25,26,27). The van der Waals surface area contributed by atoms with Gasteiger partial charge in [-0.3, -0.25) is 0 Å². The zero-order valence-electron chi connectivity index (χ0n) is 14.0. The topological polar surface area (TPSA) is 37.0 Å². The number of hydrogen-bond acceptors (Lipinski definition) is 3. The molecule has 0 bridgehead atoms. The van der Waals surface area contributed by atoms with Crippen LogP contribution in [0, 0.1) is 5.82 Å². The molecule has 1 heterocycles. The minimum atomic E-state index is -0.328. The summed E-state index contributed by atoms with van der Waals surface area (Å²) < 4.78 is 13.8. The number of benzene rings is 3. The van der Waals surface area contributed by atoms with E-state index >= 15 is 0 Å². The smallest absolute Gasteiger partial charge is 0.133 e. The Morgan fingerprint density at radius 2 is 1.56 bits per heavy atom. The van der Waals surface area contributed by atoms with Crippen molar-refractivity contribution >= 4 is 57.0 Å². The van der Waals surface area contributed by atoms with E-state index in [2.05, 4.69) is 15.6 Å². The van der Waals surface area contributed by atoms with Gasteiger partial charge in [0, 0.05) is 22.8 Å². The summed E-state index contributed by atoms with van der Waals surface area (Å²) in [4.78, 5) is 4.58. The number of para-hydroxylation sites is 1. The molecule has 0 aliphatic heterocycles. The molecule has 0 spiro atoms. The Morgan fingerprint density at radius 1 is 0.741 bits per heavy atom. The molecule has 0 unspecified atom stereocenters. The van der Waals surface area contributed by atoms with E-state index in [0.717, 1.165) is 11.4 Å². The van der Waals surface area contributed by atoms with Crippen LogP contribution in [0.3, 0.4) is 0 Å². The third-order valence-corrected chi connectivity index (χ3v) is 4.75. The van der Waals surface area contributed by atoms with Crippen molar-refractivity contribution in [3.8, 4) is 0 Å². The molecular formula is C21H14Cl2FN3. The summed E-state index contributed by atoms with van der Waals surface area (Å²) in [5.41, 5.74) is 3.02. The summed E-state index contributed by atoms with van der Waals surface area (Å²) >= 11 is 12.1. The van der Waals surface area contributed by atoms with Crippen LogP contribution in [0.25, 0.3) is 10.9 Å². The van der Waals surface area contributed by atoms with Gasteiger partial charge in [-0.2, -0.15) is 0 Å². The summed E-state index contributed by atoms with van der Waals surface area (Å²) in [7, 11) is 0. The summed E-state index contributed by atoms with van der Waals surface area (Å²) in [6, 6.07) is 21.3. The van der Waals surface area contributed by atoms with Crippen LogP contribution in [-0.4, -0.2) is 4.98 Å². The minimum absolute atomic E-state index is 0.328. The van der Waals surface area contributed by atoms with E-state index in [4.69, 9.17) is 23.2 Å². The lowest BCUT2D eigenvalue weighted by Gasteiger charge is -2.14. The van der Waals surface area contributed by atoms with E-state index in [0.29, 0.717) is 32.5 Å². The average Bonchev–Trinajstić information content (AvgIpc) is 2.66. The second-order valence-electron chi connectivity index (χ2n) is 5.96. The van der Waals surface area contributed by atoms with Crippen LogP contribution in [0.1, 0.15) is 0 Å². The fourth-order valence-corrected chi connectivity index (χ4v) is 3.06. The van der Waals surface area contributed by atoms with Crippen LogP contribution in [0.2, 0.25) is 10.0 Å². The molecule has 134 valence electrons. The quantitative estimate of drug-likeness (QED) is 0.383. The van der Waals surface area contributed by atoms with Gasteiger partial charge in [-0.25, -0.2) is 9.37 Å². The first-order chi connectivity index (χ1) is 13.1. The molecule has 0 saturated heterocycles. The zero-order valence-corrected chi connectivity index (χ0v) is 15.5. The Morgan fingerprint density at radius 3 is 2.33 bits per heavy atom. The molecule has 4 aromatic rings. The number of hydrogen-bond donors (Lipinski definition) is 2. The van der Waals surface area contributed by atoms with Gasteiger partial charge in [0.2, 0.25) is 0 Å². The Balaban J connectivity index is 1.78. The first-order valence-electron chi connectivity index (χ1n) is 8.23. The molecule has 6 heteroatoms. The van der Waals surface area contributed by atoms with Crippen LogP contribution in [0.4, 0.5) is 27.3 Å². The second-order valence-corrected chi connectivity index (χ2v) is 6.78. The molecule has 0 fully saturated rings. The van der Waals surface area contributed by atoms with E-state index in [-0.39, 0.29) is 5.82 Å². The molecule has 1 aromatic heterocycles. The van der Waals surface area contributed by atoms with E-state index in [1.54, 1.807) is 18.2 Å². The molecule has 27 heavy (non-hydrogen) atoms. The third kappa shape index (κ3) is 3.97. The van der Waals surface area contributed by atoms with Gasteiger partial charge < -0.3 is 10.6 Å². The van der Waals surface area contributed by atoms with E-state index in [9.17, 15) is 4.39 Å². The van der Waals surface area contributed by atoms with Gasteiger partial charge in [-0.05, 0) is 48.5 Å². The van der Waals surface area contributed by atoms with Crippen LogP contribution in [0.15, 0.2) is 72.8 Å². The van der Waals surface area contributed by atoms with Crippen LogP contribution in [-0.2, 0) is 0 Å². The molecule has 0 aliphatic rings. The summed E-state index contributed by atoms with van der Waals surface area (Å²) in [5, 5.41) is 8.12. The van der Waals surface area contributed by atoms with Gasteiger partial charge in [0.25, 0.3) is 0 Å². The van der Waals surface area contributed by atoms with Gasteiger partial charge in [0.15, 0.2) is 0 Å². The molecule has 0 amide bonds. The Bertz CT molecular complexity index is 1120. The lowest BCUT2D eigenvalue weighted by molar-refractivity contribution is 0.629. The van der Waals surface area contributed by atoms with Crippen molar-refractivity contribution in [1.29, 1.82) is 0 Å². The van der Waals surface area contributed by atoms with Gasteiger partial charge >= 0.3 is 0 Å². The minimum Gasteiger partial charge on any atom is -0.355 e. The maximum absolute atomic E-state index is 13.8. The molecule has 2 N–H and O–H groups in total. The number of nitrogens with zero attached hydrogens (tertiary/aromatic N) is 1. The highest BCUT2D eigenvalue weighted by molar-refractivity contribution is 6.42. The Kier molecular flexibility index (Phi) is 4.84. The first kappa shape index (κ1) is 17.6. The fourth-order valence-electron chi connectivity index (χ4n) is 2.76. The Labute approximate surface area is 165 Å². The zero-order chi connectivity index (χ0) is 18.8. The first-order valence-corrected chi connectivity index (χ1v) is 8.98. The monoisotopic (exact) mass is 397 g/mol. The van der Waals surface area contributed by atoms with Crippen molar-refractivity contribution in [3.63, 3.8) is 0 Å². The lowest BCUT2D eigenvalue weighted by atomic mass is 10.1. The molecule has 0 atom stereocenters. The lowest BCUT2D eigenvalue weighted by Crippen LogP contribution is -1.98. The summed E-state index contributed by atoms with van der Waals surface area (Å²) in [6.07, 6.45) is 0. The number of nitrogens with one attached hydrogen (secondary N) is 2. The van der Waals surface area contributed by atoms with Crippen molar-refractivity contribution in [2.45, 2.75) is 0 Å². The van der Waals surface area contributed by atoms with E-state index in [1.807, 2.05) is 42.5 Å². The van der Waals surface area contributed by atoms with Gasteiger partial charge in [0.05, 0.1) is 21.2 Å². The predicted molar refractivity (Wildman–Crippen MR) is 111 cm³/mol. The third-order valence-electron chi connectivity index (χ3n) is 4.02. The van der Waals surface area contributed by atoms with Crippen LogP contribution < -0.4 is 10.6 Å². The molecule has 3 aromatic carbocycles. The molecular weight excluding hydrogens is 384 g/mol. The van der Waals surface area contributed by atoms with Crippen molar-refractivity contribution in [2.75, 3.05) is 10.6 Å². The highest BCUT2D eigenvalue weighted by atomic mass is 35.5. The second kappa shape index (κ2) is 7.43. The van der Waals surface area contributed by atoms with Crippen LogP contribution in [0.5, 0.6) is 0 Å². The summed E-state index contributed by atoms with van der Waals surface area (Å²) in [5.74, 6) is 0.313. The molecule has 0 aliphatic carbocycles. The van der Waals surface area contributed by atoms with E-state index < -0.39 is 0 Å². The number of anilines is 4. The SMILES string of the molecule is Fc1ccc2nc(Nc3ccccc3)cc(Nc3ccc(Cl)c(Cl)c3)c2c1. The maximum Gasteiger partial charge on any atom is 0.133 e. The number of aromatic nitrogens is 1.